The van der Waals surface area contributed by atoms with Gasteiger partial charge in [0.25, 0.3) is 0 Å². The molecule has 0 spiro atoms. The molecule has 0 atom stereocenters. The quantitative estimate of drug-likeness (QED) is 0.361. The van der Waals surface area contributed by atoms with Crippen LogP contribution in [0.5, 0.6) is 11.5 Å². The molecule has 1 aromatic carbocycles. The van der Waals surface area contributed by atoms with Crippen molar-refractivity contribution in [2.24, 2.45) is 0 Å². The molecule has 0 bridgehead atoms. The molecule has 1 aromatic rings. The fraction of sp³-hybridized carbons (Fsp3) is 0.417. The summed E-state index contributed by atoms with van der Waals surface area (Å²) in [4.78, 5) is 0. The van der Waals surface area contributed by atoms with E-state index in [0.717, 1.165) is 4.74 Å². The molecule has 16 heavy (non-hydrogen) atoms. The summed E-state index contributed by atoms with van der Waals surface area (Å²) >= 11 is 0. The van der Waals surface area contributed by atoms with Gasteiger partial charge in [-0.2, -0.15) is 0 Å². The van der Waals surface area contributed by atoms with Gasteiger partial charge in [-0.15, -0.1) is 0 Å². The third kappa shape index (κ3) is 2.89. The number of aromatic hydroxyl groups is 1. The largest absolute Gasteiger partial charge is 0.623 e. The normalized spacial score (nSPS) is 12.6. The topological polar surface area (TPSA) is 55.5 Å². The van der Waals surface area contributed by atoms with Crippen molar-refractivity contribution < 1.29 is 14.6 Å². The van der Waals surface area contributed by atoms with E-state index >= 15 is 0 Å². The first kappa shape index (κ1) is 12.4. The molecule has 0 heterocycles. The molecule has 4 nitrogen and oxygen atoms in total. The van der Waals surface area contributed by atoms with Crippen LogP contribution in [0.25, 0.3) is 0 Å². The third-order valence-corrected chi connectivity index (χ3v) is 2.16. The predicted molar refractivity (Wildman–Crippen MR) is 63.2 cm³/mol. The second-order valence-corrected chi connectivity index (χ2v) is 4.55. The lowest BCUT2D eigenvalue weighted by molar-refractivity contribution is -0.530. The molecule has 0 aliphatic heterocycles. The summed E-state index contributed by atoms with van der Waals surface area (Å²) in [5, 5.41) is 21.3. The lowest BCUT2D eigenvalue weighted by Gasteiger charge is -2.18. The van der Waals surface area contributed by atoms with Crippen molar-refractivity contribution in [3.05, 3.63) is 29.0 Å². The Morgan fingerprint density at radius 3 is 2.44 bits per heavy atom. The monoisotopic (exact) mass is 223 g/mol. The van der Waals surface area contributed by atoms with Crippen molar-refractivity contribution in [2.45, 2.75) is 26.3 Å². The molecule has 0 unspecified atom stereocenters. The van der Waals surface area contributed by atoms with Crippen molar-refractivity contribution in [3.63, 3.8) is 0 Å². The Bertz CT molecular complexity index is 405. The van der Waals surface area contributed by atoms with Gasteiger partial charge in [0.2, 0.25) is 0 Å². The van der Waals surface area contributed by atoms with Crippen LogP contribution in [0.15, 0.2) is 18.2 Å². The number of rotatable bonds is 2. The fourth-order valence-corrected chi connectivity index (χ4v) is 1.08. The first-order valence-electron chi connectivity index (χ1n) is 5.03. The van der Waals surface area contributed by atoms with Crippen LogP contribution < -0.4 is 4.74 Å². The average Bonchev–Trinajstić information content (AvgIpc) is 2.19. The van der Waals surface area contributed by atoms with Crippen molar-refractivity contribution in [3.8, 4) is 11.5 Å². The molecule has 0 aromatic heterocycles. The Labute approximate surface area is 95.4 Å². The van der Waals surface area contributed by atoms with Gasteiger partial charge in [-0.25, -0.2) is 4.74 Å². The zero-order valence-corrected chi connectivity index (χ0v) is 10.0. The zero-order chi connectivity index (χ0) is 12.3. The van der Waals surface area contributed by atoms with Crippen molar-refractivity contribution >= 4 is 6.21 Å². The summed E-state index contributed by atoms with van der Waals surface area (Å²) in [6.07, 6.45) is 1.37. The highest BCUT2D eigenvalue weighted by atomic mass is 16.5. The Hall–Kier alpha value is -1.71. The van der Waals surface area contributed by atoms with Crippen LogP contribution in [-0.4, -0.2) is 28.7 Å². The molecular weight excluding hydrogens is 206 g/mol. The van der Waals surface area contributed by atoms with Crippen molar-refractivity contribution in [1.82, 2.24) is 0 Å². The lowest BCUT2D eigenvalue weighted by atomic mass is 10.1. The number of benzene rings is 1. The van der Waals surface area contributed by atoms with E-state index in [9.17, 15) is 10.3 Å². The first-order valence-corrected chi connectivity index (χ1v) is 5.03. The van der Waals surface area contributed by atoms with E-state index in [-0.39, 0.29) is 5.75 Å². The molecule has 0 radical (unpaired) electrons. The Morgan fingerprint density at radius 1 is 1.38 bits per heavy atom. The van der Waals surface area contributed by atoms with Gasteiger partial charge in [-0.1, -0.05) is 0 Å². The number of phenols is 1. The molecule has 4 heteroatoms. The molecule has 1 N–H and O–H groups in total. The minimum Gasteiger partial charge on any atom is -0.623 e. The van der Waals surface area contributed by atoms with E-state index < -0.39 is 5.54 Å². The number of nitrogens with zero attached hydrogens (tertiary/aromatic N) is 1. The van der Waals surface area contributed by atoms with Crippen LogP contribution in [0, 0.1) is 5.21 Å². The second-order valence-electron chi connectivity index (χ2n) is 4.55. The molecular formula is C12H17NO3. The van der Waals surface area contributed by atoms with Gasteiger partial charge in [-0.3, -0.25) is 0 Å². The van der Waals surface area contributed by atoms with E-state index in [1.54, 1.807) is 32.9 Å². The summed E-state index contributed by atoms with van der Waals surface area (Å²) in [6, 6.07) is 4.81. The highest BCUT2D eigenvalue weighted by molar-refractivity contribution is 5.80. The van der Waals surface area contributed by atoms with Gasteiger partial charge < -0.3 is 15.1 Å². The van der Waals surface area contributed by atoms with Gasteiger partial charge in [0.15, 0.2) is 11.8 Å². The van der Waals surface area contributed by atoms with Crippen molar-refractivity contribution in [1.29, 1.82) is 0 Å². The highest BCUT2D eigenvalue weighted by Crippen LogP contribution is 2.22. The molecule has 0 aliphatic rings. The van der Waals surface area contributed by atoms with E-state index in [0.29, 0.717) is 11.3 Å². The van der Waals surface area contributed by atoms with Gasteiger partial charge >= 0.3 is 0 Å². The number of hydrogen-bond donors (Lipinski definition) is 1. The SMILES string of the molecule is COc1ccc(C=[N+]([O-])C(C)(C)C)c(O)c1. The van der Waals surface area contributed by atoms with Crippen LogP contribution in [-0.2, 0) is 0 Å². The predicted octanol–water partition coefficient (Wildman–Crippen LogP) is 2.13. The van der Waals surface area contributed by atoms with Crippen LogP contribution >= 0.6 is 0 Å². The van der Waals surface area contributed by atoms with Gasteiger partial charge in [-0.05, 0) is 12.1 Å². The summed E-state index contributed by atoms with van der Waals surface area (Å²) in [5.74, 6) is 0.590. The van der Waals surface area contributed by atoms with Gasteiger partial charge in [0.1, 0.15) is 11.5 Å². The second kappa shape index (κ2) is 4.43. The Balaban J connectivity index is 3.07. The smallest absolute Gasteiger partial charge is 0.186 e. The molecule has 0 aliphatic carbocycles. The molecule has 0 fully saturated rings. The molecule has 0 saturated carbocycles. The molecule has 1 rings (SSSR count). The summed E-state index contributed by atoms with van der Waals surface area (Å²) in [7, 11) is 1.52. The maximum absolute atomic E-state index is 11.7. The molecule has 0 amide bonds. The maximum atomic E-state index is 11.7. The zero-order valence-electron chi connectivity index (χ0n) is 10.0. The number of hydroxylamine groups is 1. The number of hydrogen-bond acceptors (Lipinski definition) is 3. The van der Waals surface area contributed by atoms with E-state index in [1.165, 1.54) is 19.4 Å². The summed E-state index contributed by atoms with van der Waals surface area (Å²) in [6.45, 7) is 5.41. The van der Waals surface area contributed by atoms with Gasteiger partial charge in [0.05, 0.1) is 12.7 Å². The highest BCUT2D eigenvalue weighted by Gasteiger charge is 2.18. The maximum Gasteiger partial charge on any atom is 0.186 e. The van der Waals surface area contributed by atoms with Crippen LogP contribution in [0.4, 0.5) is 0 Å². The Morgan fingerprint density at radius 2 is 2.00 bits per heavy atom. The first-order chi connectivity index (χ1) is 7.34. The number of ether oxygens (including phenoxy) is 1. The molecule has 88 valence electrons. The molecule has 0 saturated heterocycles. The van der Waals surface area contributed by atoms with E-state index in [2.05, 4.69) is 0 Å². The number of methoxy groups -OCH3 is 1. The minimum atomic E-state index is -0.521. The van der Waals surface area contributed by atoms with Gasteiger partial charge in [0, 0.05) is 26.8 Å². The van der Waals surface area contributed by atoms with Crippen LogP contribution in [0.3, 0.4) is 0 Å². The van der Waals surface area contributed by atoms with Crippen LogP contribution in [0.2, 0.25) is 0 Å². The fourth-order valence-electron chi connectivity index (χ4n) is 1.08. The minimum absolute atomic E-state index is 0.0319. The third-order valence-electron chi connectivity index (χ3n) is 2.16. The van der Waals surface area contributed by atoms with Crippen LogP contribution in [0.1, 0.15) is 26.3 Å². The Kier molecular flexibility index (Phi) is 3.42. The van der Waals surface area contributed by atoms with E-state index in [4.69, 9.17) is 4.74 Å². The lowest BCUT2D eigenvalue weighted by Crippen LogP contribution is -2.29. The van der Waals surface area contributed by atoms with Crippen molar-refractivity contribution in [2.75, 3.05) is 7.11 Å². The number of phenolic OH excluding ortho intramolecular Hbond substituents is 1. The summed E-state index contributed by atoms with van der Waals surface area (Å²) in [5.41, 5.74) is -0.0439. The average molecular weight is 223 g/mol. The standard InChI is InChI=1S/C12H17NO3/c1-12(2,3)13(15)8-9-5-6-10(16-4)7-11(9)14/h5-8,14H,1-4H3. The van der Waals surface area contributed by atoms with E-state index in [1.807, 2.05) is 0 Å². The summed E-state index contributed by atoms with van der Waals surface area (Å²) < 4.78 is 5.77.